The van der Waals surface area contributed by atoms with E-state index in [1.54, 1.807) is 6.07 Å². The third-order valence-corrected chi connectivity index (χ3v) is 3.22. The van der Waals surface area contributed by atoms with E-state index in [1.165, 1.54) is 6.07 Å². The summed E-state index contributed by atoms with van der Waals surface area (Å²) in [6.07, 6.45) is -3.55. The molecular formula is C12H15F3N2. The molecule has 0 saturated carbocycles. The van der Waals surface area contributed by atoms with Crippen LogP contribution in [0.1, 0.15) is 23.5 Å². The molecule has 1 heterocycles. The first-order valence-electron chi connectivity index (χ1n) is 5.56. The lowest BCUT2D eigenvalue weighted by Crippen LogP contribution is -2.16. The maximum absolute atomic E-state index is 12.6. The highest BCUT2D eigenvalue weighted by molar-refractivity contribution is 5.61. The number of hydrogen-bond donors (Lipinski definition) is 1. The molecule has 5 heteroatoms. The third-order valence-electron chi connectivity index (χ3n) is 3.22. The standard InChI is InChI=1S/C12H15F3N2/c1-17-7-8(4-5-16)10-6-9(12(13,14)15)2-3-11(10)17/h2-3,6,8H,4-5,7,16H2,1H3. The van der Waals surface area contributed by atoms with Gasteiger partial charge in [-0.15, -0.1) is 0 Å². The number of benzene rings is 1. The Morgan fingerprint density at radius 2 is 2.12 bits per heavy atom. The van der Waals surface area contributed by atoms with E-state index < -0.39 is 11.7 Å². The summed E-state index contributed by atoms with van der Waals surface area (Å²) in [4.78, 5) is 1.98. The fourth-order valence-electron chi connectivity index (χ4n) is 2.38. The van der Waals surface area contributed by atoms with E-state index in [9.17, 15) is 13.2 Å². The SMILES string of the molecule is CN1CC(CCN)c2cc(C(F)(F)F)ccc21. The van der Waals surface area contributed by atoms with Gasteiger partial charge in [0.25, 0.3) is 0 Å². The molecule has 0 aromatic heterocycles. The Bertz CT molecular complexity index is 415. The van der Waals surface area contributed by atoms with Crippen LogP contribution in [0.4, 0.5) is 18.9 Å². The molecule has 0 aliphatic carbocycles. The molecule has 94 valence electrons. The molecule has 2 N–H and O–H groups in total. The maximum atomic E-state index is 12.6. The van der Waals surface area contributed by atoms with E-state index in [-0.39, 0.29) is 5.92 Å². The minimum atomic E-state index is -4.27. The van der Waals surface area contributed by atoms with Gasteiger partial charge in [-0.1, -0.05) is 0 Å². The number of halogens is 3. The summed E-state index contributed by atoms with van der Waals surface area (Å²) in [6.45, 7) is 1.24. The van der Waals surface area contributed by atoms with Crippen molar-refractivity contribution in [3.63, 3.8) is 0 Å². The molecule has 1 unspecified atom stereocenters. The molecule has 1 atom stereocenters. The van der Waals surface area contributed by atoms with E-state index in [2.05, 4.69) is 0 Å². The van der Waals surface area contributed by atoms with Gasteiger partial charge >= 0.3 is 6.18 Å². The van der Waals surface area contributed by atoms with Gasteiger partial charge in [-0.2, -0.15) is 13.2 Å². The van der Waals surface area contributed by atoms with Crippen molar-refractivity contribution in [1.82, 2.24) is 0 Å². The molecule has 2 rings (SSSR count). The Labute approximate surface area is 98.2 Å². The van der Waals surface area contributed by atoms with E-state index >= 15 is 0 Å². The van der Waals surface area contributed by atoms with Crippen LogP contribution in [0.2, 0.25) is 0 Å². The van der Waals surface area contributed by atoms with Gasteiger partial charge in [0.1, 0.15) is 0 Å². The molecule has 1 aliphatic rings. The van der Waals surface area contributed by atoms with Crippen molar-refractivity contribution in [2.24, 2.45) is 5.73 Å². The normalized spacial score (nSPS) is 19.6. The molecule has 0 saturated heterocycles. The summed E-state index contributed by atoms with van der Waals surface area (Å²) >= 11 is 0. The van der Waals surface area contributed by atoms with Crippen LogP contribution in [-0.4, -0.2) is 20.1 Å². The van der Waals surface area contributed by atoms with Crippen molar-refractivity contribution in [1.29, 1.82) is 0 Å². The Morgan fingerprint density at radius 1 is 1.41 bits per heavy atom. The van der Waals surface area contributed by atoms with E-state index in [0.717, 1.165) is 30.3 Å². The molecule has 1 aromatic carbocycles. The van der Waals surface area contributed by atoms with Gasteiger partial charge in [0, 0.05) is 25.2 Å². The topological polar surface area (TPSA) is 29.3 Å². The zero-order chi connectivity index (χ0) is 12.6. The van der Waals surface area contributed by atoms with Crippen molar-refractivity contribution in [3.8, 4) is 0 Å². The van der Waals surface area contributed by atoms with Crippen molar-refractivity contribution >= 4 is 5.69 Å². The van der Waals surface area contributed by atoms with Crippen molar-refractivity contribution < 1.29 is 13.2 Å². The highest BCUT2D eigenvalue weighted by Gasteiger charge is 2.34. The van der Waals surface area contributed by atoms with Crippen LogP contribution in [-0.2, 0) is 6.18 Å². The maximum Gasteiger partial charge on any atom is 0.416 e. The quantitative estimate of drug-likeness (QED) is 0.866. The van der Waals surface area contributed by atoms with E-state index in [0.29, 0.717) is 6.54 Å². The summed E-state index contributed by atoms with van der Waals surface area (Å²) in [5, 5.41) is 0. The number of anilines is 1. The fourth-order valence-corrected chi connectivity index (χ4v) is 2.38. The van der Waals surface area contributed by atoms with Crippen LogP contribution >= 0.6 is 0 Å². The predicted molar refractivity (Wildman–Crippen MR) is 61.1 cm³/mol. The molecular weight excluding hydrogens is 229 g/mol. The number of nitrogens with two attached hydrogens (primary N) is 1. The number of rotatable bonds is 2. The van der Waals surface area contributed by atoms with Gasteiger partial charge in [0.05, 0.1) is 5.56 Å². The summed E-state index contributed by atoms with van der Waals surface area (Å²) < 4.78 is 37.9. The van der Waals surface area contributed by atoms with Gasteiger partial charge in [-0.05, 0) is 36.7 Å². The molecule has 0 radical (unpaired) electrons. The first kappa shape index (κ1) is 12.2. The number of alkyl halides is 3. The van der Waals surface area contributed by atoms with Gasteiger partial charge in [-0.25, -0.2) is 0 Å². The minimum Gasteiger partial charge on any atom is -0.374 e. The largest absolute Gasteiger partial charge is 0.416 e. The van der Waals surface area contributed by atoms with Gasteiger partial charge < -0.3 is 10.6 Å². The van der Waals surface area contributed by atoms with Crippen LogP contribution in [0, 0.1) is 0 Å². The summed E-state index contributed by atoms with van der Waals surface area (Å²) in [5.74, 6) is 0.113. The molecule has 0 amide bonds. The van der Waals surface area contributed by atoms with Crippen LogP contribution in [0.3, 0.4) is 0 Å². The summed E-state index contributed by atoms with van der Waals surface area (Å²) in [7, 11) is 1.89. The molecule has 1 aliphatic heterocycles. The third kappa shape index (κ3) is 2.24. The van der Waals surface area contributed by atoms with Crippen LogP contribution < -0.4 is 10.6 Å². The zero-order valence-corrected chi connectivity index (χ0v) is 9.59. The molecule has 0 bridgehead atoms. The van der Waals surface area contributed by atoms with Crippen LogP contribution in [0.5, 0.6) is 0 Å². The van der Waals surface area contributed by atoms with Crippen molar-refractivity contribution in [2.75, 3.05) is 25.0 Å². The lowest BCUT2D eigenvalue weighted by molar-refractivity contribution is -0.137. The van der Waals surface area contributed by atoms with Crippen LogP contribution in [0.25, 0.3) is 0 Å². The number of hydrogen-bond acceptors (Lipinski definition) is 2. The average molecular weight is 244 g/mol. The first-order valence-corrected chi connectivity index (χ1v) is 5.56. The Balaban J connectivity index is 2.40. The summed E-state index contributed by atoms with van der Waals surface area (Å²) in [6, 6.07) is 3.95. The molecule has 0 spiro atoms. The molecule has 1 aromatic rings. The number of nitrogens with zero attached hydrogens (tertiary/aromatic N) is 1. The molecule has 2 nitrogen and oxygen atoms in total. The monoisotopic (exact) mass is 244 g/mol. The number of fused-ring (bicyclic) bond motifs is 1. The summed E-state index contributed by atoms with van der Waals surface area (Å²) in [5.41, 5.74) is 6.58. The smallest absolute Gasteiger partial charge is 0.374 e. The molecule has 0 fully saturated rings. The highest BCUT2D eigenvalue weighted by atomic mass is 19.4. The Morgan fingerprint density at radius 3 is 2.71 bits per heavy atom. The lowest BCUT2D eigenvalue weighted by atomic mass is 9.96. The Hall–Kier alpha value is -1.23. The van der Waals surface area contributed by atoms with Crippen molar-refractivity contribution in [3.05, 3.63) is 29.3 Å². The van der Waals surface area contributed by atoms with Gasteiger partial charge in [0.15, 0.2) is 0 Å². The highest BCUT2D eigenvalue weighted by Crippen LogP contribution is 2.40. The second-order valence-corrected chi connectivity index (χ2v) is 4.43. The van der Waals surface area contributed by atoms with Gasteiger partial charge in [-0.3, -0.25) is 0 Å². The minimum absolute atomic E-state index is 0.113. The first-order chi connectivity index (χ1) is 7.93. The second-order valence-electron chi connectivity index (χ2n) is 4.43. The van der Waals surface area contributed by atoms with Crippen LogP contribution in [0.15, 0.2) is 18.2 Å². The average Bonchev–Trinajstić information content (AvgIpc) is 2.55. The second kappa shape index (κ2) is 4.22. The van der Waals surface area contributed by atoms with Crippen molar-refractivity contribution in [2.45, 2.75) is 18.5 Å². The predicted octanol–water partition coefficient (Wildman–Crippen LogP) is 2.59. The van der Waals surface area contributed by atoms with E-state index in [1.807, 2.05) is 11.9 Å². The Kier molecular flexibility index (Phi) is 3.03. The lowest BCUT2D eigenvalue weighted by Gasteiger charge is -2.13. The molecule has 17 heavy (non-hydrogen) atoms. The zero-order valence-electron chi connectivity index (χ0n) is 9.59. The van der Waals surface area contributed by atoms with Gasteiger partial charge in [0.2, 0.25) is 0 Å². The fraction of sp³-hybridized carbons (Fsp3) is 0.500. The van der Waals surface area contributed by atoms with E-state index in [4.69, 9.17) is 5.73 Å². The number of likely N-dealkylation sites (N-methyl/N-ethyl adjacent to an activating group) is 1.